The molecule has 0 aliphatic rings. The van der Waals surface area contributed by atoms with Crippen LogP contribution in [0.3, 0.4) is 0 Å². The topological polar surface area (TPSA) is 47.6 Å². The molecule has 0 saturated carbocycles. The van der Waals surface area contributed by atoms with E-state index < -0.39 is 0 Å². The first-order chi connectivity index (χ1) is 9.47. The predicted octanol–water partition coefficient (Wildman–Crippen LogP) is 3.49. The number of nitrogens with zero attached hydrogens (tertiary/aromatic N) is 2. The van der Waals surface area contributed by atoms with Gasteiger partial charge in [0, 0.05) is 0 Å². The Bertz CT molecular complexity index is 489. The fraction of sp³-hybridized carbons (Fsp3) is 0.500. The second-order valence-corrected chi connectivity index (χ2v) is 9.68. The minimum absolute atomic E-state index is 0.0178. The van der Waals surface area contributed by atoms with Gasteiger partial charge in [0.25, 0.3) is 0 Å². The summed E-state index contributed by atoms with van der Waals surface area (Å²) in [5.74, 6) is 0. The Hall–Kier alpha value is -0.761. The monoisotopic (exact) mass is 400 g/mol. The zero-order valence-corrected chi connectivity index (χ0v) is 15.6. The second-order valence-electron chi connectivity index (χ2n) is 5.72. The molecule has 0 saturated heterocycles. The number of hydrogen-bond donors (Lipinski definition) is 0. The van der Waals surface area contributed by atoms with E-state index in [2.05, 4.69) is 55.0 Å². The van der Waals surface area contributed by atoms with Gasteiger partial charge in [-0.2, -0.15) is 0 Å². The van der Waals surface area contributed by atoms with Crippen molar-refractivity contribution >= 4 is 29.9 Å². The summed E-state index contributed by atoms with van der Waals surface area (Å²) in [6.07, 6.45) is 2.05. The van der Waals surface area contributed by atoms with Crippen molar-refractivity contribution < 1.29 is 0 Å². The first-order valence-corrected chi connectivity index (χ1v) is 10.5. The maximum absolute atomic E-state index is 8.86. The zero-order chi connectivity index (χ0) is 15.0. The molecule has 0 bridgehead atoms. The van der Waals surface area contributed by atoms with Crippen LogP contribution in [0, 0.1) is 20.5 Å². The summed E-state index contributed by atoms with van der Waals surface area (Å²) in [6.45, 7) is 6.66. The molecule has 0 amide bonds. The van der Waals surface area contributed by atoms with Crippen LogP contribution >= 0.6 is 0 Å². The van der Waals surface area contributed by atoms with Crippen LogP contribution in [0.2, 0.25) is 10.1 Å². The molecule has 1 rings (SSSR count). The van der Waals surface area contributed by atoms with Crippen molar-refractivity contribution in [2.75, 3.05) is 0 Å². The third-order valence-electron chi connectivity index (χ3n) is 3.13. The van der Waals surface area contributed by atoms with Crippen molar-refractivity contribution in [2.45, 2.75) is 49.2 Å². The standard InChI is InChI=1S/C16H20N2Se2/c1-16(2,3)14-7-4-13(5-8-14)6-9-15(20-12-18)10-19-11-17/h4-5,7-8,15H,6,9-10H2,1-3H3. The summed E-state index contributed by atoms with van der Waals surface area (Å²) >= 11 is 0.0588. The first kappa shape index (κ1) is 17.3. The van der Waals surface area contributed by atoms with E-state index in [1.165, 1.54) is 11.1 Å². The molecule has 0 aliphatic carbocycles. The zero-order valence-electron chi connectivity index (χ0n) is 12.2. The fourth-order valence-electron chi connectivity index (χ4n) is 1.88. The van der Waals surface area contributed by atoms with Crippen LogP contribution in [-0.4, -0.2) is 29.9 Å². The Morgan fingerprint density at radius 3 is 2.25 bits per heavy atom. The second kappa shape index (κ2) is 8.51. The molecule has 1 atom stereocenters. The summed E-state index contributed by atoms with van der Waals surface area (Å²) < 4.78 is 0. The average molecular weight is 398 g/mol. The molecule has 20 heavy (non-hydrogen) atoms. The quantitative estimate of drug-likeness (QED) is 0.689. The van der Waals surface area contributed by atoms with Crippen LogP contribution in [0.25, 0.3) is 0 Å². The molecule has 0 heterocycles. The van der Waals surface area contributed by atoms with Crippen molar-refractivity contribution in [3.63, 3.8) is 0 Å². The Morgan fingerprint density at radius 1 is 1.10 bits per heavy atom. The number of hydrogen-bond acceptors (Lipinski definition) is 2. The van der Waals surface area contributed by atoms with E-state index in [0.717, 1.165) is 18.2 Å². The Balaban J connectivity index is 2.56. The summed E-state index contributed by atoms with van der Waals surface area (Å²) in [5.41, 5.74) is 2.88. The third-order valence-corrected chi connectivity index (χ3v) is 7.43. The maximum atomic E-state index is 8.86. The molecule has 1 aromatic rings. The Morgan fingerprint density at radius 2 is 1.75 bits per heavy atom. The van der Waals surface area contributed by atoms with Crippen molar-refractivity contribution in [1.82, 2.24) is 0 Å². The SMILES string of the molecule is CC(C)(C)c1ccc(CCC(C[Se]C#N)[Se]C#N)cc1. The van der Waals surface area contributed by atoms with Crippen molar-refractivity contribution in [3.05, 3.63) is 35.4 Å². The molecule has 0 spiro atoms. The summed E-state index contributed by atoms with van der Waals surface area (Å²) in [5, 5.41) is 18.5. The van der Waals surface area contributed by atoms with E-state index in [0.29, 0.717) is 4.82 Å². The molecule has 106 valence electrons. The van der Waals surface area contributed by atoms with Crippen LogP contribution in [0.15, 0.2) is 24.3 Å². The van der Waals surface area contributed by atoms with Gasteiger partial charge in [0.1, 0.15) is 0 Å². The van der Waals surface area contributed by atoms with Crippen LogP contribution in [0.4, 0.5) is 0 Å². The van der Waals surface area contributed by atoms with Gasteiger partial charge < -0.3 is 0 Å². The van der Waals surface area contributed by atoms with Gasteiger partial charge in [0.05, 0.1) is 0 Å². The van der Waals surface area contributed by atoms with Gasteiger partial charge in [-0.25, -0.2) is 0 Å². The first-order valence-electron chi connectivity index (χ1n) is 6.62. The number of nitriles is 2. The van der Waals surface area contributed by atoms with E-state index in [-0.39, 0.29) is 35.3 Å². The van der Waals surface area contributed by atoms with Gasteiger partial charge in [0.2, 0.25) is 0 Å². The summed E-state index contributed by atoms with van der Waals surface area (Å²) in [4.78, 5) is 4.99. The van der Waals surface area contributed by atoms with E-state index in [1.807, 2.05) is 0 Å². The van der Waals surface area contributed by atoms with E-state index >= 15 is 0 Å². The molecule has 1 unspecified atom stereocenters. The van der Waals surface area contributed by atoms with Crippen LogP contribution < -0.4 is 0 Å². The molecular formula is C16H20N2Se2. The molecule has 0 aliphatic heterocycles. The van der Waals surface area contributed by atoms with Crippen molar-refractivity contribution in [3.8, 4) is 9.94 Å². The van der Waals surface area contributed by atoms with Gasteiger partial charge >= 0.3 is 135 Å². The number of rotatable bonds is 6. The molecule has 2 nitrogen and oxygen atoms in total. The molecule has 1 aromatic carbocycles. The van der Waals surface area contributed by atoms with Gasteiger partial charge in [-0.1, -0.05) is 0 Å². The molecular weight excluding hydrogens is 378 g/mol. The molecule has 0 aromatic heterocycles. The van der Waals surface area contributed by atoms with E-state index in [1.54, 1.807) is 0 Å². The molecule has 4 heteroatoms. The van der Waals surface area contributed by atoms with E-state index in [4.69, 9.17) is 10.5 Å². The number of aryl methyl sites for hydroxylation is 1. The average Bonchev–Trinajstić information content (AvgIpc) is 2.41. The Kier molecular flexibility index (Phi) is 7.36. The number of benzene rings is 1. The molecule has 0 radical (unpaired) electrons. The van der Waals surface area contributed by atoms with Crippen molar-refractivity contribution in [1.29, 1.82) is 10.5 Å². The van der Waals surface area contributed by atoms with Crippen LogP contribution in [-0.2, 0) is 11.8 Å². The predicted molar refractivity (Wildman–Crippen MR) is 84.8 cm³/mol. The fourth-order valence-corrected chi connectivity index (χ4v) is 5.21. The molecule has 0 fully saturated rings. The van der Waals surface area contributed by atoms with Gasteiger partial charge in [-0.15, -0.1) is 0 Å². The van der Waals surface area contributed by atoms with E-state index in [9.17, 15) is 0 Å². The molecule has 0 N–H and O–H groups in total. The minimum atomic E-state index is 0.0178. The summed E-state index contributed by atoms with van der Waals surface area (Å²) in [7, 11) is 0. The summed E-state index contributed by atoms with van der Waals surface area (Å²) in [6, 6.07) is 8.82. The van der Waals surface area contributed by atoms with Gasteiger partial charge in [0.15, 0.2) is 0 Å². The Labute approximate surface area is 134 Å². The normalized spacial score (nSPS) is 12.4. The van der Waals surface area contributed by atoms with Crippen LogP contribution in [0.1, 0.15) is 38.3 Å². The van der Waals surface area contributed by atoms with Crippen molar-refractivity contribution in [2.24, 2.45) is 0 Å². The van der Waals surface area contributed by atoms with Gasteiger partial charge in [-0.05, 0) is 0 Å². The third kappa shape index (κ3) is 6.13. The van der Waals surface area contributed by atoms with Crippen LogP contribution in [0.5, 0.6) is 0 Å². The van der Waals surface area contributed by atoms with Gasteiger partial charge in [-0.3, -0.25) is 0 Å².